The molecule has 1 atom stereocenters. The molecule has 0 aliphatic heterocycles. The molecule has 0 aliphatic carbocycles. The molecule has 0 spiro atoms. The molecule has 0 aromatic rings. The highest BCUT2D eigenvalue weighted by Crippen LogP contribution is 2.12. The van der Waals surface area contributed by atoms with Crippen LogP contribution in [-0.2, 0) is 28.6 Å². The number of rotatable bonds is 38. The first-order valence-electron chi connectivity index (χ1n) is 22.2. The zero-order chi connectivity index (χ0) is 40.1. The molecular formula is C49H80O6. The summed E-state index contributed by atoms with van der Waals surface area (Å²) in [5, 5.41) is 0. The molecule has 0 fully saturated rings. The van der Waals surface area contributed by atoms with E-state index in [1.165, 1.54) is 64.2 Å². The summed E-state index contributed by atoms with van der Waals surface area (Å²) in [6, 6.07) is 0. The molecule has 6 heteroatoms. The molecule has 0 bridgehead atoms. The van der Waals surface area contributed by atoms with Gasteiger partial charge in [0.05, 0.1) is 0 Å². The second kappa shape index (κ2) is 43.3. The lowest BCUT2D eigenvalue weighted by Gasteiger charge is -2.18. The number of carbonyl (C=O) groups is 3. The highest BCUT2D eigenvalue weighted by atomic mass is 16.6. The van der Waals surface area contributed by atoms with E-state index in [-0.39, 0.29) is 37.5 Å². The Hall–Kier alpha value is -3.41. The maximum Gasteiger partial charge on any atom is 0.306 e. The minimum atomic E-state index is -0.810. The fourth-order valence-corrected chi connectivity index (χ4v) is 5.62. The van der Waals surface area contributed by atoms with Crippen molar-refractivity contribution in [3.63, 3.8) is 0 Å². The van der Waals surface area contributed by atoms with Crippen LogP contribution >= 0.6 is 0 Å². The van der Waals surface area contributed by atoms with Gasteiger partial charge in [-0.25, -0.2) is 0 Å². The summed E-state index contributed by atoms with van der Waals surface area (Å²) < 4.78 is 16.6. The van der Waals surface area contributed by atoms with Crippen molar-refractivity contribution in [1.29, 1.82) is 0 Å². The molecule has 0 aromatic heterocycles. The van der Waals surface area contributed by atoms with Crippen molar-refractivity contribution >= 4 is 17.9 Å². The Morgan fingerprint density at radius 1 is 0.382 bits per heavy atom. The van der Waals surface area contributed by atoms with Gasteiger partial charge in [-0.2, -0.15) is 0 Å². The van der Waals surface area contributed by atoms with E-state index < -0.39 is 6.10 Å². The average Bonchev–Trinajstić information content (AvgIpc) is 3.18. The number of hydrogen-bond acceptors (Lipinski definition) is 6. The smallest absolute Gasteiger partial charge is 0.306 e. The first-order chi connectivity index (χ1) is 27.0. The van der Waals surface area contributed by atoms with Gasteiger partial charge in [-0.3, -0.25) is 14.4 Å². The summed E-state index contributed by atoms with van der Waals surface area (Å²) in [6.45, 7) is 6.33. The Bertz CT molecular complexity index is 1110. The van der Waals surface area contributed by atoms with E-state index in [9.17, 15) is 14.4 Å². The van der Waals surface area contributed by atoms with Crippen LogP contribution in [0.5, 0.6) is 0 Å². The molecule has 6 nitrogen and oxygen atoms in total. The highest BCUT2D eigenvalue weighted by Gasteiger charge is 2.19. The maximum absolute atomic E-state index is 12.7. The summed E-state index contributed by atoms with van der Waals surface area (Å²) >= 11 is 0. The van der Waals surface area contributed by atoms with Gasteiger partial charge in [0.1, 0.15) is 13.2 Å². The highest BCUT2D eigenvalue weighted by molar-refractivity contribution is 5.71. The van der Waals surface area contributed by atoms with Crippen molar-refractivity contribution in [3.05, 3.63) is 85.1 Å². The van der Waals surface area contributed by atoms with Gasteiger partial charge in [-0.15, -0.1) is 0 Å². The van der Waals surface area contributed by atoms with Crippen molar-refractivity contribution in [1.82, 2.24) is 0 Å². The molecule has 0 saturated heterocycles. The molecule has 0 radical (unpaired) electrons. The van der Waals surface area contributed by atoms with E-state index in [1.54, 1.807) is 0 Å². The first kappa shape index (κ1) is 51.6. The van der Waals surface area contributed by atoms with Crippen molar-refractivity contribution in [2.45, 2.75) is 194 Å². The molecule has 55 heavy (non-hydrogen) atoms. The molecule has 0 aliphatic rings. The monoisotopic (exact) mass is 765 g/mol. The number of allylic oxidation sites excluding steroid dienone is 14. The molecule has 0 N–H and O–H groups in total. The van der Waals surface area contributed by atoms with Crippen molar-refractivity contribution in [2.75, 3.05) is 13.2 Å². The van der Waals surface area contributed by atoms with Crippen LogP contribution in [0.15, 0.2) is 85.1 Å². The summed E-state index contributed by atoms with van der Waals surface area (Å²) in [4.78, 5) is 37.6. The van der Waals surface area contributed by atoms with Gasteiger partial charge in [0.25, 0.3) is 0 Å². The number of esters is 3. The largest absolute Gasteiger partial charge is 0.462 e. The molecule has 0 aromatic carbocycles. The van der Waals surface area contributed by atoms with Crippen LogP contribution < -0.4 is 0 Å². The average molecular weight is 765 g/mol. The van der Waals surface area contributed by atoms with Gasteiger partial charge in [-0.05, 0) is 83.5 Å². The van der Waals surface area contributed by atoms with E-state index in [1.807, 2.05) is 36.5 Å². The van der Waals surface area contributed by atoms with Gasteiger partial charge < -0.3 is 14.2 Å². The molecule has 1 unspecified atom stereocenters. The lowest BCUT2D eigenvalue weighted by atomic mass is 10.1. The van der Waals surface area contributed by atoms with Crippen LogP contribution in [-0.4, -0.2) is 37.2 Å². The number of carbonyl (C=O) groups excluding carboxylic acids is 3. The fraction of sp³-hybridized carbons (Fsp3) is 0.653. The van der Waals surface area contributed by atoms with Crippen molar-refractivity contribution in [3.8, 4) is 0 Å². The number of ether oxygens (including phenoxy) is 3. The predicted octanol–water partition coefficient (Wildman–Crippen LogP) is 14.1. The predicted molar refractivity (Wildman–Crippen MR) is 233 cm³/mol. The quantitative estimate of drug-likeness (QED) is 0.0205. The van der Waals surface area contributed by atoms with Gasteiger partial charge in [0, 0.05) is 19.3 Å². The Morgan fingerprint density at radius 3 is 1.31 bits per heavy atom. The third-order valence-corrected chi connectivity index (χ3v) is 8.98. The SMILES string of the molecule is CC\C=C/C=C\C=C/C=C\CCCCCC(=O)OC(COC(=O)CCC/C=C\CCCCCC)COC(=O)CCCCCCCC/C=C\C=C/CCCCC. The van der Waals surface area contributed by atoms with E-state index in [0.717, 1.165) is 70.6 Å². The van der Waals surface area contributed by atoms with E-state index in [0.29, 0.717) is 25.7 Å². The van der Waals surface area contributed by atoms with Crippen LogP contribution in [0.4, 0.5) is 0 Å². The number of unbranched alkanes of at least 4 members (excludes halogenated alkanes) is 17. The van der Waals surface area contributed by atoms with E-state index in [2.05, 4.69) is 69.4 Å². The Balaban J connectivity index is 4.49. The standard InChI is InChI=1S/C49H80O6/c1-4-7-10-13-16-19-21-23-24-26-27-30-33-36-39-42-48(51)54-45-46(44-53-47(50)41-38-35-32-29-18-15-12-9-6-3)55-49(52)43-40-37-34-31-28-25-22-20-17-14-11-8-5-2/h8,11,14,16-17,19-23,25,28-29,32,46H,4-7,9-10,12-13,15,18,24,26-27,30-31,33-45H2,1-3H3/b11-8-,17-14-,19-16-,22-20-,23-21-,28-25-,32-29-. The normalized spacial score (nSPS) is 12.9. The topological polar surface area (TPSA) is 78.9 Å². The number of hydrogen-bond donors (Lipinski definition) is 0. The van der Waals surface area contributed by atoms with Gasteiger partial charge in [0.2, 0.25) is 0 Å². The second-order valence-corrected chi connectivity index (χ2v) is 14.3. The van der Waals surface area contributed by atoms with Crippen LogP contribution in [0.25, 0.3) is 0 Å². The minimum Gasteiger partial charge on any atom is -0.462 e. The minimum absolute atomic E-state index is 0.109. The Kier molecular flexibility index (Phi) is 40.6. The summed E-state index contributed by atoms with van der Waals surface area (Å²) in [5.41, 5.74) is 0. The van der Waals surface area contributed by atoms with E-state index >= 15 is 0 Å². The summed E-state index contributed by atoms with van der Waals surface area (Å²) in [5.74, 6) is -1.01. The van der Waals surface area contributed by atoms with Gasteiger partial charge in [-0.1, -0.05) is 170 Å². The zero-order valence-electron chi connectivity index (χ0n) is 35.4. The molecule has 0 saturated carbocycles. The molecule has 0 heterocycles. The third-order valence-electron chi connectivity index (χ3n) is 8.98. The molecule has 0 amide bonds. The van der Waals surface area contributed by atoms with Gasteiger partial charge in [0.15, 0.2) is 6.10 Å². The molecule has 0 rings (SSSR count). The molecule has 312 valence electrons. The second-order valence-electron chi connectivity index (χ2n) is 14.3. The lowest BCUT2D eigenvalue weighted by Crippen LogP contribution is -2.30. The van der Waals surface area contributed by atoms with Crippen LogP contribution in [0.1, 0.15) is 188 Å². The van der Waals surface area contributed by atoms with Crippen LogP contribution in [0, 0.1) is 0 Å². The Morgan fingerprint density at radius 2 is 0.745 bits per heavy atom. The van der Waals surface area contributed by atoms with Crippen LogP contribution in [0.2, 0.25) is 0 Å². The van der Waals surface area contributed by atoms with E-state index in [4.69, 9.17) is 14.2 Å². The molecular weight excluding hydrogens is 685 g/mol. The first-order valence-corrected chi connectivity index (χ1v) is 22.2. The summed E-state index contributed by atoms with van der Waals surface area (Å²) in [7, 11) is 0. The summed E-state index contributed by atoms with van der Waals surface area (Å²) in [6.07, 6.45) is 54.3. The third kappa shape index (κ3) is 41.6. The van der Waals surface area contributed by atoms with Crippen molar-refractivity contribution < 1.29 is 28.6 Å². The fourth-order valence-electron chi connectivity index (χ4n) is 5.62. The maximum atomic E-state index is 12.7. The van der Waals surface area contributed by atoms with Gasteiger partial charge >= 0.3 is 17.9 Å². The Labute approximate surface area is 337 Å². The lowest BCUT2D eigenvalue weighted by molar-refractivity contribution is -0.167. The van der Waals surface area contributed by atoms with Crippen molar-refractivity contribution in [2.24, 2.45) is 0 Å². The zero-order valence-corrected chi connectivity index (χ0v) is 35.4. The van der Waals surface area contributed by atoms with Crippen LogP contribution in [0.3, 0.4) is 0 Å².